The number of ether oxygens (including phenoxy) is 1. The normalized spacial score (nSPS) is 15.4. The third-order valence-corrected chi connectivity index (χ3v) is 6.57. The second-order valence-electron chi connectivity index (χ2n) is 9.28. The Morgan fingerprint density at radius 3 is 2.67 bits per heavy atom. The fraction of sp³-hybridized carbons (Fsp3) is 0.407. The Morgan fingerprint density at radius 1 is 1.03 bits per heavy atom. The summed E-state index contributed by atoms with van der Waals surface area (Å²) in [5, 5.41) is 27.3. The van der Waals surface area contributed by atoms with Gasteiger partial charge in [0.25, 0.3) is 5.91 Å². The van der Waals surface area contributed by atoms with Crippen molar-refractivity contribution in [3.8, 4) is 22.6 Å². The van der Waals surface area contributed by atoms with Crippen molar-refractivity contribution in [2.24, 2.45) is 0 Å². The molecule has 0 radical (unpaired) electrons. The van der Waals surface area contributed by atoms with Crippen LogP contribution in [0.2, 0.25) is 0 Å². The van der Waals surface area contributed by atoms with Gasteiger partial charge in [0.1, 0.15) is 17.8 Å². The third kappa shape index (κ3) is 7.53. The maximum atomic E-state index is 13.1. The van der Waals surface area contributed by atoms with Crippen molar-refractivity contribution < 1.29 is 24.2 Å². The minimum atomic E-state index is -0.311. The highest BCUT2D eigenvalue weighted by molar-refractivity contribution is 5.98. The molecule has 0 spiro atoms. The van der Waals surface area contributed by atoms with Crippen LogP contribution in [0.1, 0.15) is 41.6 Å². The zero-order valence-electron chi connectivity index (χ0n) is 21.9. The van der Waals surface area contributed by atoms with Crippen LogP contribution in [0.15, 0.2) is 42.7 Å². The van der Waals surface area contributed by atoms with Crippen LogP contribution in [0.3, 0.4) is 0 Å². The summed E-state index contributed by atoms with van der Waals surface area (Å²) in [6.07, 6.45) is 3.58. The summed E-state index contributed by atoms with van der Waals surface area (Å²) in [5.41, 5.74) is 2.53. The molecule has 0 unspecified atom stereocenters. The van der Waals surface area contributed by atoms with Crippen LogP contribution in [-0.2, 0) is 22.6 Å². The second-order valence-corrected chi connectivity index (χ2v) is 9.28. The van der Waals surface area contributed by atoms with Crippen LogP contribution < -0.4 is 15.4 Å². The Kier molecular flexibility index (Phi) is 9.44. The molecule has 0 saturated heterocycles. The van der Waals surface area contributed by atoms with Gasteiger partial charge in [-0.3, -0.25) is 14.4 Å². The molecule has 1 aliphatic rings. The number of fused-ring (bicyclic) bond motifs is 5. The number of methoxy groups -OCH3 is 1. The average molecular weight is 536 g/mol. The summed E-state index contributed by atoms with van der Waals surface area (Å²) < 4.78 is 6.91. The Bertz CT molecular complexity index is 1300. The number of nitrogens with zero attached hydrogens (tertiary/aromatic N) is 5. The molecule has 0 saturated carbocycles. The Morgan fingerprint density at radius 2 is 1.87 bits per heavy atom. The van der Waals surface area contributed by atoms with Gasteiger partial charge in [0.05, 0.1) is 19.2 Å². The number of phenolic OH excluding ortho intramolecular Hbond substituents is 1. The molecule has 2 aromatic carbocycles. The largest absolute Gasteiger partial charge is 0.507 e. The molecule has 1 aliphatic heterocycles. The van der Waals surface area contributed by atoms with E-state index in [0.717, 1.165) is 5.56 Å². The SMILES string of the molecule is COc1ccc2cc1C(=O)NCCCN(C(=O)CCn1cnnn1)CCCC(=O)NCCc1ccc(O)c-2c1. The van der Waals surface area contributed by atoms with Crippen molar-refractivity contribution in [1.82, 2.24) is 35.7 Å². The summed E-state index contributed by atoms with van der Waals surface area (Å²) in [7, 11) is 1.50. The van der Waals surface area contributed by atoms with Crippen molar-refractivity contribution >= 4 is 17.7 Å². The van der Waals surface area contributed by atoms with E-state index in [4.69, 9.17) is 4.74 Å². The number of hydrogen-bond donors (Lipinski definition) is 3. The zero-order chi connectivity index (χ0) is 27.6. The number of rotatable bonds is 4. The van der Waals surface area contributed by atoms with Crippen molar-refractivity contribution in [3.05, 3.63) is 53.9 Å². The Hall–Kier alpha value is -4.48. The Balaban J connectivity index is 1.51. The van der Waals surface area contributed by atoms with E-state index in [1.165, 1.54) is 18.1 Å². The summed E-state index contributed by atoms with van der Waals surface area (Å²) in [5.74, 6) is 0.0419. The van der Waals surface area contributed by atoms with Gasteiger partial charge in [-0.25, -0.2) is 4.68 Å². The van der Waals surface area contributed by atoms with Crippen molar-refractivity contribution in [2.45, 2.75) is 38.6 Å². The van der Waals surface area contributed by atoms with Crippen LogP contribution in [-0.4, -0.2) is 81.2 Å². The van der Waals surface area contributed by atoms with E-state index in [9.17, 15) is 19.5 Å². The maximum absolute atomic E-state index is 13.1. The lowest BCUT2D eigenvalue weighted by molar-refractivity contribution is -0.132. The summed E-state index contributed by atoms with van der Waals surface area (Å²) in [4.78, 5) is 40.2. The molecule has 206 valence electrons. The number of amides is 3. The molecule has 12 heteroatoms. The van der Waals surface area contributed by atoms with Gasteiger partial charge in [-0.2, -0.15) is 0 Å². The predicted octanol–water partition coefficient (Wildman–Crippen LogP) is 1.55. The number of nitrogens with one attached hydrogen (secondary N) is 2. The maximum Gasteiger partial charge on any atom is 0.255 e. The molecule has 4 bridgehead atoms. The molecule has 12 nitrogen and oxygen atoms in total. The second kappa shape index (κ2) is 13.4. The number of tetrazole rings is 1. The lowest BCUT2D eigenvalue weighted by atomic mass is 9.98. The van der Waals surface area contributed by atoms with Crippen molar-refractivity contribution in [1.29, 1.82) is 0 Å². The van der Waals surface area contributed by atoms with Gasteiger partial charge < -0.3 is 25.4 Å². The number of phenols is 1. The third-order valence-electron chi connectivity index (χ3n) is 6.57. The van der Waals surface area contributed by atoms with Crippen LogP contribution >= 0.6 is 0 Å². The van der Waals surface area contributed by atoms with Crippen molar-refractivity contribution in [2.75, 3.05) is 33.3 Å². The summed E-state index contributed by atoms with van der Waals surface area (Å²) in [6.45, 7) is 1.98. The quantitative estimate of drug-likeness (QED) is 0.455. The fourth-order valence-corrected chi connectivity index (χ4v) is 4.47. The first-order valence-corrected chi connectivity index (χ1v) is 13.0. The molecule has 1 aromatic heterocycles. The minimum absolute atomic E-state index is 0.0726. The lowest BCUT2D eigenvalue weighted by Crippen LogP contribution is -2.36. The molecule has 2 heterocycles. The van der Waals surface area contributed by atoms with Gasteiger partial charge in [-0.15, -0.1) is 5.10 Å². The van der Waals surface area contributed by atoms with Crippen LogP contribution in [0.4, 0.5) is 0 Å². The topological polar surface area (TPSA) is 152 Å². The number of carbonyl (C=O) groups is 3. The summed E-state index contributed by atoms with van der Waals surface area (Å²) in [6, 6.07) is 10.5. The van der Waals surface area contributed by atoms with Gasteiger partial charge in [-0.1, -0.05) is 12.1 Å². The molecule has 3 amide bonds. The predicted molar refractivity (Wildman–Crippen MR) is 142 cm³/mol. The van der Waals surface area contributed by atoms with Gasteiger partial charge in [-0.05, 0) is 65.1 Å². The van der Waals surface area contributed by atoms with Crippen molar-refractivity contribution in [3.63, 3.8) is 0 Å². The number of aryl methyl sites for hydroxylation is 1. The first-order chi connectivity index (χ1) is 18.9. The first kappa shape index (κ1) is 27.6. The number of aromatic nitrogens is 4. The van der Waals surface area contributed by atoms with E-state index in [1.807, 2.05) is 12.1 Å². The molecular formula is C27H33N7O5. The minimum Gasteiger partial charge on any atom is -0.507 e. The van der Waals surface area contributed by atoms with Crippen LogP contribution in [0.5, 0.6) is 11.5 Å². The lowest BCUT2D eigenvalue weighted by Gasteiger charge is -2.23. The fourth-order valence-electron chi connectivity index (χ4n) is 4.47. The molecule has 0 atom stereocenters. The highest BCUT2D eigenvalue weighted by Crippen LogP contribution is 2.33. The van der Waals surface area contributed by atoms with E-state index in [1.54, 1.807) is 29.2 Å². The molecule has 4 rings (SSSR count). The zero-order valence-corrected chi connectivity index (χ0v) is 21.9. The Labute approximate surface area is 226 Å². The molecule has 3 N–H and O–H groups in total. The molecule has 0 fully saturated rings. The average Bonchev–Trinajstić information content (AvgIpc) is 3.47. The van der Waals surface area contributed by atoms with E-state index in [0.29, 0.717) is 80.8 Å². The van der Waals surface area contributed by atoms with Crippen LogP contribution in [0, 0.1) is 0 Å². The van der Waals surface area contributed by atoms with E-state index < -0.39 is 0 Å². The standard InChI is InChI=1S/C27H33N7O5/c1-39-24-8-6-20-17-22(24)27(38)29-11-3-14-33(26(37)10-15-34-18-30-31-32-34)13-2-4-25(36)28-12-9-19-5-7-23(35)21(20)16-19/h5-8,16-18,35H,2-4,9-15H2,1H3,(H,28,36)(H,29,38). The first-order valence-electron chi connectivity index (χ1n) is 13.0. The number of carbonyl (C=O) groups excluding carboxylic acids is 3. The van der Waals surface area contributed by atoms with Gasteiger partial charge in [0.15, 0.2) is 0 Å². The molecular weight excluding hydrogens is 502 g/mol. The van der Waals surface area contributed by atoms with Gasteiger partial charge in [0, 0.05) is 44.6 Å². The van der Waals surface area contributed by atoms with Gasteiger partial charge in [0.2, 0.25) is 11.8 Å². The van der Waals surface area contributed by atoms with E-state index >= 15 is 0 Å². The van der Waals surface area contributed by atoms with Gasteiger partial charge >= 0.3 is 0 Å². The monoisotopic (exact) mass is 535 g/mol. The number of benzene rings is 2. The van der Waals surface area contributed by atoms with Crippen LogP contribution in [0.25, 0.3) is 11.1 Å². The smallest absolute Gasteiger partial charge is 0.255 e. The summed E-state index contributed by atoms with van der Waals surface area (Å²) >= 11 is 0. The highest BCUT2D eigenvalue weighted by atomic mass is 16.5. The molecule has 0 aliphatic carbocycles. The molecule has 39 heavy (non-hydrogen) atoms. The number of aromatic hydroxyl groups is 1. The molecule has 3 aromatic rings. The highest BCUT2D eigenvalue weighted by Gasteiger charge is 2.18. The van der Waals surface area contributed by atoms with E-state index in [2.05, 4.69) is 26.2 Å². The van der Waals surface area contributed by atoms with E-state index in [-0.39, 0.29) is 29.9 Å². The number of hydrogen-bond acceptors (Lipinski definition) is 8.